The lowest BCUT2D eigenvalue weighted by Gasteiger charge is -1.97. The maximum Gasteiger partial charge on any atom is 0.407 e. The van der Waals surface area contributed by atoms with E-state index >= 15 is 0 Å². The Bertz CT molecular complexity index is 335. The number of nitrogens with one attached hydrogen (secondary N) is 1. The lowest BCUT2D eigenvalue weighted by molar-refractivity contribution is 0.172. The van der Waals surface area contributed by atoms with Crippen LogP contribution in [0.15, 0.2) is 12.3 Å². The smallest absolute Gasteiger partial charge is 0.407 e. The molecule has 1 amide bonds. The van der Waals surface area contributed by atoms with E-state index in [2.05, 4.69) is 15.0 Å². The van der Waals surface area contributed by atoms with Gasteiger partial charge in [0.05, 0.1) is 7.11 Å². The molecule has 0 bridgehead atoms. The predicted octanol–water partition coefficient (Wildman–Crippen LogP) is 1.09. The first-order chi connectivity index (χ1) is 6.72. The fraction of sp³-hybridized carbons (Fsp3) is 0.250. The summed E-state index contributed by atoms with van der Waals surface area (Å²) >= 11 is 1.39. The van der Waals surface area contributed by atoms with E-state index in [0.717, 1.165) is 4.88 Å². The van der Waals surface area contributed by atoms with Gasteiger partial charge in [0, 0.05) is 17.6 Å². The number of hydrogen-bond donors (Lipinski definition) is 2. The van der Waals surface area contributed by atoms with Gasteiger partial charge in [-0.05, 0) is 6.08 Å². The van der Waals surface area contributed by atoms with E-state index in [1.807, 2.05) is 6.08 Å². The number of nitrogens with zero attached hydrogens (tertiary/aromatic N) is 1. The molecular weight excluding hydrogens is 202 g/mol. The average Bonchev–Trinajstić information content (AvgIpc) is 2.58. The summed E-state index contributed by atoms with van der Waals surface area (Å²) in [6.07, 6.45) is 4.86. The first-order valence-corrected chi connectivity index (χ1v) is 4.73. The van der Waals surface area contributed by atoms with Crippen molar-refractivity contribution in [3.05, 3.63) is 17.2 Å². The predicted molar refractivity (Wildman–Crippen MR) is 56.0 cm³/mol. The minimum atomic E-state index is -0.446. The Hall–Kier alpha value is -1.56. The molecule has 6 heteroatoms. The van der Waals surface area contributed by atoms with Crippen LogP contribution < -0.4 is 11.1 Å². The van der Waals surface area contributed by atoms with Gasteiger partial charge in [-0.25, -0.2) is 9.78 Å². The van der Waals surface area contributed by atoms with Crippen LogP contribution in [0, 0.1) is 0 Å². The summed E-state index contributed by atoms with van der Waals surface area (Å²) in [5, 5.41) is 3.05. The molecule has 1 rings (SSSR count). The molecule has 1 aromatic heterocycles. The molecule has 1 heterocycles. The van der Waals surface area contributed by atoms with Crippen LogP contribution in [0.25, 0.3) is 6.08 Å². The molecule has 0 radical (unpaired) electrons. The number of carbonyl (C=O) groups is 1. The second-order valence-corrected chi connectivity index (χ2v) is 3.47. The van der Waals surface area contributed by atoms with Crippen LogP contribution in [-0.2, 0) is 4.74 Å². The third kappa shape index (κ3) is 3.44. The molecule has 76 valence electrons. The number of carbonyl (C=O) groups excluding carboxylic acids is 1. The van der Waals surface area contributed by atoms with Gasteiger partial charge < -0.3 is 15.8 Å². The van der Waals surface area contributed by atoms with Gasteiger partial charge in [-0.1, -0.05) is 17.4 Å². The summed E-state index contributed by atoms with van der Waals surface area (Å²) in [5.41, 5.74) is 5.44. The van der Waals surface area contributed by atoms with Gasteiger partial charge in [0.15, 0.2) is 5.13 Å². The van der Waals surface area contributed by atoms with Gasteiger partial charge in [-0.3, -0.25) is 0 Å². The van der Waals surface area contributed by atoms with Crippen molar-refractivity contribution in [2.24, 2.45) is 0 Å². The second-order valence-electron chi connectivity index (χ2n) is 2.38. The van der Waals surface area contributed by atoms with Crippen LogP contribution in [0.2, 0.25) is 0 Å². The van der Waals surface area contributed by atoms with Crippen LogP contribution in [0.1, 0.15) is 4.88 Å². The zero-order chi connectivity index (χ0) is 10.4. The topological polar surface area (TPSA) is 77.2 Å². The third-order valence-corrected chi connectivity index (χ3v) is 2.16. The Balaban J connectivity index is 2.31. The molecule has 14 heavy (non-hydrogen) atoms. The summed E-state index contributed by atoms with van der Waals surface area (Å²) in [6.45, 7) is 0.421. The standard InChI is InChI=1S/C8H11N3O2S/c1-13-8(12)10-4-2-3-6-5-11-7(9)14-6/h2-3,5H,4H2,1H3,(H2,9,11)(H,10,12)/b3-2+. The molecule has 1 aromatic rings. The quantitative estimate of drug-likeness (QED) is 0.788. The molecule has 0 saturated carbocycles. The normalized spacial score (nSPS) is 10.4. The molecule has 0 aliphatic carbocycles. The lowest BCUT2D eigenvalue weighted by Crippen LogP contribution is -2.22. The van der Waals surface area contributed by atoms with Crippen molar-refractivity contribution < 1.29 is 9.53 Å². The summed E-state index contributed by atoms with van der Waals surface area (Å²) in [6, 6.07) is 0. The van der Waals surface area contributed by atoms with Crippen molar-refractivity contribution in [3.8, 4) is 0 Å². The van der Waals surface area contributed by atoms with Crippen LogP contribution in [0.5, 0.6) is 0 Å². The van der Waals surface area contributed by atoms with Gasteiger partial charge in [0.25, 0.3) is 0 Å². The first-order valence-electron chi connectivity index (χ1n) is 3.92. The number of thiazole rings is 1. The van der Waals surface area contributed by atoms with Crippen LogP contribution in [0.4, 0.5) is 9.93 Å². The number of alkyl carbamates (subject to hydrolysis) is 1. The van der Waals surface area contributed by atoms with Crippen molar-refractivity contribution in [2.45, 2.75) is 0 Å². The number of nitrogens with two attached hydrogens (primary N) is 1. The van der Waals surface area contributed by atoms with Crippen LogP contribution >= 0.6 is 11.3 Å². The molecule has 0 unspecified atom stereocenters. The van der Waals surface area contributed by atoms with Crippen molar-refractivity contribution in [1.29, 1.82) is 0 Å². The molecule has 0 aromatic carbocycles. The average molecular weight is 213 g/mol. The minimum absolute atomic E-state index is 0.421. The molecule has 0 aliphatic rings. The highest BCUT2D eigenvalue weighted by atomic mass is 32.1. The fourth-order valence-electron chi connectivity index (χ4n) is 0.767. The first kappa shape index (κ1) is 10.5. The highest BCUT2D eigenvalue weighted by Gasteiger charge is 1.94. The summed E-state index contributed by atoms with van der Waals surface area (Å²) in [4.78, 5) is 15.5. The molecule has 0 aliphatic heterocycles. The van der Waals surface area contributed by atoms with E-state index in [-0.39, 0.29) is 0 Å². The number of anilines is 1. The van der Waals surface area contributed by atoms with Crippen LogP contribution in [-0.4, -0.2) is 24.7 Å². The maximum absolute atomic E-state index is 10.6. The minimum Gasteiger partial charge on any atom is -0.453 e. The highest BCUT2D eigenvalue weighted by molar-refractivity contribution is 7.16. The van der Waals surface area contributed by atoms with Crippen molar-refractivity contribution in [3.63, 3.8) is 0 Å². The van der Waals surface area contributed by atoms with Gasteiger partial charge in [-0.15, -0.1) is 0 Å². The number of rotatable bonds is 3. The Labute approximate surface area is 85.6 Å². The van der Waals surface area contributed by atoms with Gasteiger partial charge in [-0.2, -0.15) is 0 Å². The SMILES string of the molecule is COC(=O)NC/C=C/c1cnc(N)s1. The summed E-state index contributed by atoms with van der Waals surface area (Å²) < 4.78 is 4.39. The summed E-state index contributed by atoms with van der Waals surface area (Å²) in [7, 11) is 1.32. The number of hydrogen-bond acceptors (Lipinski definition) is 5. The summed E-state index contributed by atoms with van der Waals surface area (Å²) in [5.74, 6) is 0. The van der Waals surface area contributed by atoms with Gasteiger partial charge in [0.1, 0.15) is 0 Å². The Morgan fingerprint density at radius 1 is 1.86 bits per heavy atom. The van der Waals surface area contributed by atoms with E-state index in [1.165, 1.54) is 18.4 Å². The number of nitrogen functional groups attached to an aromatic ring is 1. The van der Waals surface area contributed by atoms with E-state index < -0.39 is 6.09 Å². The molecule has 0 spiro atoms. The molecule has 0 fully saturated rings. The van der Waals surface area contributed by atoms with E-state index in [0.29, 0.717) is 11.7 Å². The third-order valence-electron chi connectivity index (χ3n) is 1.37. The molecule has 0 saturated heterocycles. The zero-order valence-corrected chi connectivity index (χ0v) is 8.50. The van der Waals surface area contributed by atoms with Crippen molar-refractivity contribution in [2.75, 3.05) is 19.4 Å². The van der Waals surface area contributed by atoms with Gasteiger partial charge in [0.2, 0.25) is 0 Å². The molecule has 3 N–H and O–H groups in total. The fourth-order valence-corrected chi connectivity index (χ4v) is 1.38. The Morgan fingerprint density at radius 2 is 2.64 bits per heavy atom. The maximum atomic E-state index is 10.6. The molecule has 0 atom stereocenters. The second kappa shape index (κ2) is 5.23. The van der Waals surface area contributed by atoms with Crippen molar-refractivity contribution >= 4 is 28.6 Å². The molecule has 5 nitrogen and oxygen atoms in total. The van der Waals surface area contributed by atoms with E-state index in [4.69, 9.17) is 5.73 Å². The number of ether oxygens (including phenoxy) is 1. The Kier molecular flexibility index (Phi) is 3.93. The largest absolute Gasteiger partial charge is 0.453 e. The highest BCUT2D eigenvalue weighted by Crippen LogP contribution is 2.15. The number of methoxy groups -OCH3 is 1. The van der Waals surface area contributed by atoms with Crippen molar-refractivity contribution in [1.82, 2.24) is 10.3 Å². The molecular formula is C8H11N3O2S. The zero-order valence-electron chi connectivity index (χ0n) is 7.69. The van der Waals surface area contributed by atoms with Crippen LogP contribution in [0.3, 0.4) is 0 Å². The number of amides is 1. The van der Waals surface area contributed by atoms with E-state index in [9.17, 15) is 4.79 Å². The Morgan fingerprint density at radius 3 is 3.21 bits per heavy atom. The van der Waals surface area contributed by atoms with E-state index in [1.54, 1.807) is 12.3 Å². The number of aromatic nitrogens is 1. The lowest BCUT2D eigenvalue weighted by atomic mass is 10.4. The monoisotopic (exact) mass is 213 g/mol. The van der Waals surface area contributed by atoms with Gasteiger partial charge >= 0.3 is 6.09 Å².